The molecule has 0 aliphatic rings. The fourth-order valence-electron chi connectivity index (χ4n) is 0. The van der Waals surface area contributed by atoms with Gasteiger partial charge in [0.05, 0.1) is 0 Å². The molecule has 0 saturated heterocycles. The second kappa shape index (κ2) is 70.1. The van der Waals surface area contributed by atoms with Gasteiger partial charge in [-0.25, -0.2) is 0 Å². The molecule has 194 valence electrons. The molecule has 32 heavy (non-hydrogen) atoms. The van der Waals surface area contributed by atoms with Gasteiger partial charge < -0.3 is 0 Å². The van der Waals surface area contributed by atoms with Gasteiger partial charge in [0.15, 0.2) is 0 Å². The van der Waals surface area contributed by atoms with Gasteiger partial charge in [-0.2, -0.15) is 0 Å². The number of hydrogen-bond donors (Lipinski definition) is 0. The first kappa shape index (κ1) is 65.0. The van der Waals surface area contributed by atoms with Gasteiger partial charge in [-0.05, 0) is 0 Å². The molecule has 0 nitrogen and oxygen atoms in total. The molecule has 0 unspecified atom stereocenters. The maximum absolute atomic E-state index is 2.27. The summed E-state index contributed by atoms with van der Waals surface area (Å²) in [6, 6.07) is 0. The van der Waals surface area contributed by atoms with E-state index in [0.717, 1.165) is 0 Å². The average Bonchev–Trinajstić information content (AvgIpc) is 2.34. The molecule has 0 aromatic carbocycles. The van der Waals surface area contributed by atoms with Crippen molar-refractivity contribution >= 4 is 119 Å². The van der Waals surface area contributed by atoms with Crippen molar-refractivity contribution in [2.24, 2.45) is 0 Å². The average molecular weight is 790 g/mol. The standard InChI is InChI=1S/6C3H9Si.2C2H6Ge.2Ge/c6*1-4(2)3;2*1-3-2;;/h6*1-3H3;2*1-2H3;;. The van der Waals surface area contributed by atoms with Crippen LogP contribution in [0.25, 0.3) is 0 Å². The maximum atomic E-state index is 2.27. The van der Waals surface area contributed by atoms with Crippen LogP contribution in [0.3, 0.4) is 0 Å². The van der Waals surface area contributed by atoms with Crippen LogP contribution in [0.2, 0.25) is 141 Å². The molecule has 0 atom stereocenters. The Labute approximate surface area is 257 Å². The summed E-state index contributed by atoms with van der Waals surface area (Å²) in [5.41, 5.74) is 0. The van der Waals surface area contributed by atoms with Gasteiger partial charge in [0.25, 0.3) is 0 Å². The summed E-state index contributed by atoms with van der Waals surface area (Å²) in [7, 11) is 0.722. The van der Waals surface area contributed by atoms with E-state index in [1.807, 2.05) is 0 Å². The van der Waals surface area contributed by atoms with Crippen molar-refractivity contribution in [2.75, 3.05) is 0 Å². The van der Waals surface area contributed by atoms with Crippen molar-refractivity contribution in [1.82, 2.24) is 0 Å². The predicted octanol–water partition coefficient (Wildman–Crippen LogP) is 9.04. The molecule has 0 amide bonds. The van der Waals surface area contributed by atoms with Crippen LogP contribution in [0.4, 0.5) is 0 Å². The zero-order valence-electron chi connectivity index (χ0n) is 27.0. The molecular weight excluding hydrogens is 723 g/mol. The third-order valence-corrected chi connectivity index (χ3v) is 0. The Balaban J connectivity index is -0.0000000215. The Morgan fingerprint density at radius 3 is 0.250 bits per heavy atom. The van der Waals surface area contributed by atoms with E-state index >= 15 is 0 Å². The first-order valence-electron chi connectivity index (χ1n) is 11.0. The molecule has 0 aliphatic carbocycles. The van der Waals surface area contributed by atoms with Crippen molar-refractivity contribution in [3.63, 3.8) is 0 Å². The van der Waals surface area contributed by atoms with E-state index in [9.17, 15) is 0 Å². The summed E-state index contributed by atoms with van der Waals surface area (Å²) < 4.78 is 0. The SMILES string of the molecule is C[Si](C)C.C[Si](C)C.C[Si](C)C.C[Si](C)C.C[Si](C)C.C[Si](C)C.[CH3][Ge][CH3].[CH3][Ge][CH3].[Ge].[Ge]. The molecule has 0 saturated carbocycles. The molecule has 10 heteroatoms. The Kier molecular flexibility index (Phi) is 142. The molecule has 0 spiro atoms. The van der Waals surface area contributed by atoms with Crippen LogP contribution in [0, 0.1) is 0 Å². The van der Waals surface area contributed by atoms with Crippen molar-refractivity contribution in [3.8, 4) is 0 Å². The second-order valence-corrected chi connectivity index (χ2v) is 32.2. The predicted molar refractivity (Wildman–Crippen MR) is 187 cm³/mol. The van der Waals surface area contributed by atoms with Crippen molar-refractivity contribution < 1.29 is 0 Å². The zero-order valence-corrected chi connectivity index (χ0v) is 41.4. The molecule has 0 bridgehead atoms. The minimum Gasteiger partial charge on any atom is 0 e. The summed E-state index contributed by atoms with van der Waals surface area (Å²) in [4.78, 5) is 0. The maximum Gasteiger partial charge on any atom is 0 e. The third-order valence-electron chi connectivity index (χ3n) is 0. The van der Waals surface area contributed by atoms with Gasteiger partial charge in [-0.15, -0.1) is 0 Å². The molecule has 0 aliphatic heterocycles. The van der Waals surface area contributed by atoms with Crippen LogP contribution in [0.1, 0.15) is 0 Å². The fraction of sp³-hybridized carbons (Fsp3) is 1.00. The normalized spacial score (nSPS) is 7.88. The second-order valence-electron chi connectivity index (χ2n) is 10.0. The van der Waals surface area contributed by atoms with Crippen LogP contribution in [0.15, 0.2) is 0 Å². The van der Waals surface area contributed by atoms with E-state index in [2.05, 4.69) is 141 Å². The number of hydrogen-bond acceptors (Lipinski definition) is 0. The van der Waals surface area contributed by atoms with Crippen LogP contribution in [0.5, 0.6) is 0 Å². The molecule has 0 aromatic rings. The van der Waals surface area contributed by atoms with E-state index in [1.54, 1.807) is 0 Å². The monoisotopic (exact) mass is 794 g/mol. The van der Waals surface area contributed by atoms with Gasteiger partial charge in [0.2, 0.25) is 0 Å². The third kappa shape index (κ3) is 2930. The van der Waals surface area contributed by atoms with Gasteiger partial charge in [-0.3, -0.25) is 0 Å². The summed E-state index contributed by atoms with van der Waals surface area (Å²) in [6.07, 6.45) is 0. The van der Waals surface area contributed by atoms with Crippen LogP contribution >= 0.6 is 0 Å². The molecule has 18 radical (unpaired) electrons. The molecule has 0 rings (SSSR count). The Morgan fingerprint density at radius 2 is 0.250 bits per heavy atom. The van der Waals surface area contributed by atoms with Crippen LogP contribution in [-0.4, -0.2) is 119 Å². The number of rotatable bonds is 0. The van der Waals surface area contributed by atoms with E-state index in [1.165, 1.54) is 0 Å². The van der Waals surface area contributed by atoms with Crippen molar-refractivity contribution in [1.29, 1.82) is 0 Å². The molecule has 0 aromatic heterocycles. The van der Waals surface area contributed by atoms with Crippen molar-refractivity contribution in [3.05, 3.63) is 0 Å². The first-order valence-corrected chi connectivity index (χ1v) is 37.4. The molecule has 0 N–H and O–H groups in total. The van der Waals surface area contributed by atoms with E-state index < -0.39 is 0 Å². The quantitative estimate of drug-likeness (QED) is 0.215. The van der Waals surface area contributed by atoms with E-state index in [4.69, 9.17) is 0 Å². The summed E-state index contributed by atoms with van der Waals surface area (Å²) >= 11 is 1.00. The zero-order chi connectivity index (χ0) is 26.9. The topological polar surface area (TPSA) is 0 Å². The van der Waals surface area contributed by atoms with E-state index in [0.29, 0.717) is 30.9 Å². The fourth-order valence-corrected chi connectivity index (χ4v) is 0. The first-order chi connectivity index (χ1) is 13.2. The molecule has 0 heterocycles. The summed E-state index contributed by atoms with van der Waals surface area (Å²) in [5, 5.41) is 0. The van der Waals surface area contributed by atoms with Gasteiger partial charge >= 0.3 is 53.9 Å². The Bertz CT molecular complexity index is 134. The van der Waals surface area contributed by atoms with Crippen LogP contribution in [-0.2, 0) is 0 Å². The van der Waals surface area contributed by atoms with Crippen molar-refractivity contribution in [2.45, 2.75) is 141 Å². The molecule has 0 fully saturated rings. The Hall–Kier alpha value is 3.47. The van der Waals surface area contributed by atoms with Gasteiger partial charge in [-0.1, -0.05) is 118 Å². The van der Waals surface area contributed by atoms with E-state index in [-0.39, 0.29) is 88.0 Å². The van der Waals surface area contributed by atoms with Gasteiger partial charge in [0.1, 0.15) is 0 Å². The largest absolute Gasteiger partial charge is 0 e. The summed E-state index contributed by atoms with van der Waals surface area (Å²) in [6.45, 7) is 40.8. The van der Waals surface area contributed by atoms with Gasteiger partial charge in [0, 0.05) is 88.0 Å². The van der Waals surface area contributed by atoms with Crippen LogP contribution < -0.4 is 0 Å². The minimum atomic E-state index is 0. The summed E-state index contributed by atoms with van der Waals surface area (Å²) in [5.74, 6) is 9.00. The Morgan fingerprint density at radius 1 is 0.250 bits per heavy atom. The minimum absolute atomic E-state index is 0. The molecular formula is C22H66Ge4Si6. The smallest absolute Gasteiger partial charge is 0 e.